The van der Waals surface area contributed by atoms with Crippen LogP contribution in [0.15, 0.2) is 48.5 Å². The normalized spacial score (nSPS) is 20.3. The number of morpholine rings is 1. The number of benzene rings is 2. The van der Waals surface area contributed by atoms with Gasteiger partial charge in [0.15, 0.2) is 6.61 Å². The lowest BCUT2D eigenvalue weighted by Crippen LogP contribution is -2.49. The maximum Gasteiger partial charge on any atom is 0.338 e. The van der Waals surface area contributed by atoms with Crippen LogP contribution in [-0.4, -0.2) is 65.4 Å². The second kappa shape index (κ2) is 8.92. The highest BCUT2D eigenvalue weighted by Gasteiger charge is 2.35. The van der Waals surface area contributed by atoms with Gasteiger partial charge >= 0.3 is 5.97 Å². The van der Waals surface area contributed by atoms with E-state index in [-0.39, 0.29) is 48.6 Å². The van der Waals surface area contributed by atoms with Gasteiger partial charge in [-0.3, -0.25) is 19.3 Å². The van der Waals surface area contributed by atoms with Crippen LogP contribution in [0.4, 0.5) is 0 Å². The number of ether oxygens (including phenoxy) is 2. The Kier molecular flexibility index (Phi) is 6.05. The summed E-state index contributed by atoms with van der Waals surface area (Å²) < 4.78 is 10.8. The molecule has 0 aliphatic carbocycles. The molecule has 166 valence electrons. The molecule has 32 heavy (non-hydrogen) atoms. The van der Waals surface area contributed by atoms with Crippen LogP contribution in [0.5, 0.6) is 0 Å². The Morgan fingerprint density at radius 3 is 2.22 bits per heavy atom. The molecule has 0 spiro atoms. The largest absolute Gasteiger partial charge is 0.452 e. The summed E-state index contributed by atoms with van der Waals surface area (Å²) in [7, 11) is 0. The molecule has 8 heteroatoms. The van der Waals surface area contributed by atoms with Gasteiger partial charge in [-0.05, 0) is 43.7 Å². The lowest BCUT2D eigenvalue weighted by Gasteiger charge is -2.35. The fraction of sp³-hybridized carbons (Fsp3) is 0.333. The second-order valence-corrected chi connectivity index (χ2v) is 8.07. The van der Waals surface area contributed by atoms with Crippen molar-refractivity contribution in [1.82, 2.24) is 9.80 Å². The molecule has 0 bridgehead atoms. The molecule has 2 aromatic carbocycles. The third kappa shape index (κ3) is 4.40. The Balaban J connectivity index is 1.38. The van der Waals surface area contributed by atoms with E-state index in [9.17, 15) is 19.2 Å². The number of hydrogen-bond donors (Lipinski definition) is 0. The summed E-state index contributed by atoms with van der Waals surface area (Å²) >= 11 is 0. The number of fused-ring (bicyclic) bond motifs is 1. The lowest BCUT2D eigenvalue weighted by molar-refractivity contribution is -0.146. The molecule has 2 heterocycles. The zero-order chi connectivity index (χ0) is 22.8. The van der Waals surface area contributed by atoms with Crippen molar-refractivity contribution in [3.63, 3.8) is 0 Å². The first-order valence-electron chi connectivity index (χ1n) is 10.5. The second-order valence-electron chi connectivity index (χ2n) is 8.07. The van der Waals surface area contributed by atoms with Crippen molar-refractivity contribution in [1.29, 1.82) is 0 Å². The number of amides is 3. The monoisotopic (exact) mass is 436 g/mol. The molecule has 0 saturated carbocycles. The Morgan fingerprint density at radius 2 is 1.59 bits per heavy atom. The van der Waals surface area contributed by atoms with Crippen LogP contribution in [0, 0.1) is 0 Å². The zero-order valence-corrected chi connectivity index (χ0v) is 17.9. The molecule has 3 amide bonds. The van der Waals surface area contributed by atoms with Crippen molar-refractivity contribution in [3.05, 3.63) is 70.8 Å². The fourth-order valence-electron chi connectivity index (χ4n) is 4.05. The number of carbonyl (C=O) groups is 4. The van der Waals surface area contributed by atoms with Gasteiger partial charge in [-0.1, -0.05) is 24.3 Å². The van der Waals surface area contributed by atoms with E-state index >= 15 is 0 Å². The van der Waals surface area contributed by atoms with Gasteiger partial charge in [0.05, 0.1) is 35.4 Å². The van der Waals surface area contributed by atoms with Crippen LogP contribution < -0.4 is 0 Å². The van der Waals surface area contributed by atoms with Gasteiger partial charge in [0, 0.05) is 13.1 Å². The van der Waals surface area contributed by atoms with Gasteiger partial charge in [0.1, 0.15) is 0 Å². The first kappa shape index (κ1) is 21.7. The highest BCUT2D eigenvalue weighted by Crippen LogP contribution is 2.24. The summed E-state index contributed by atoms with van der Waals surface area (Å²) in [5.74, 6) is -1.64. The molecule has 0 unspecified atom stereocenters. The molecule has 2 aromatic rings. The Morgan fingerprint density at radius 1 is 0.969 bits per heavy atom. The van der Waals surface area contributed by atoms with Gasteiger partial charge in [0.25, 0.3) is 17.7 Å². The van der Waals surface area contributed by atoms with Crippen LogP contribution >= 0.6 is 0 Å². The molecule has 4 rings (SSSR count). The Bertz CT molecular complexity index is 1040. The first-order valence-corrected chi connectivity index (χ1v) is 10.5. The molecular weight excluding hydrogens is 412 g/mol. The maximum atomic E-state index is 12.6. The average molecular weight is 436 g/mol. The fourth-order valence-corrected chi connectivity index (χ4v) is 4.05. The van der Waals surface area contributed by atoms with Crippen LogP contribution in [0.2, 0.25) is 0 Å². The third-order valence-corrected chi connectivity index (χ3v) is 5.48. The predicted octanol–water partition coefficient (Wildman–Crippen LogP) is 2.28. The van der Waals surface area contributed by atoms with Crippen molar-refractivity contribution < 1.29 is 28.7 Å². The number of nitrogens with zero attached hydrogens (tertiary/aromatic N) is 2. The van der Waals surface area contributed by atoms with Crippen LogP contribution in [0.1, 0.15) is 50.5 Å². The summed E-state index contributed by atoms with van der Waals surface area (Å²) in [4.78, 5) is 52.8. The maximum absolute atomic E-state index is 12.6. The van der Waals surface area contributed by atoms with Gasteiger partial charge in [0.2, 0.25) is 0 Å². The minimum absolute atomic E-state index is 0.0377. The first-order chi connectivity index (χ1) is 15.3. The number of carbonyl (C=O) groups excluding carboxylic acids is 4. The summed E-state index contributed by atoms with van der Waals surface area (Å²) in [6, 6.07) is 13.2. The molecule has 1 fully saturated rings. The summed E-state index contributed by atoms with van der Waals surface area (Å²) in [6.07, 6.45) is -0.144. The highest BCUT2D eigenvalue weighted by atomic mass is 16.5. The van der Waals surface area contributed by atoms with Gasteiger partial charge in [-0.25, -0.2) is 4.79 Å². The predicted molar refractivity (Wildman–Crippen MR) is 114 cm³/mol. The molecule has 2 atom stereocenters. The van der Waals surface area contributed by atoms with Crippen molar-refractivity contribution in [2.24, 2.45) is 0 Å². The summed E-state index contributed by atoms with van der Waals surface area (Å²) in [5.41, 5.74) is 1.60. The van der Waals surface area contributed by atoms with Gasteiger partial charge < -0.3 is 14.4 Å². The van der Waals surface area contributed by atoms with Gasteiger partial charge in [-0.15, -0.1) is 0 Å². The molecule has 2 aliphatic rings. The zero-order valence-electron chi connectivity index (χ0n) is 17.9. The van der Waals surface area contributed by atoms with E-state index in [1.807, 2.05) is 13.8 Å². The van der Waals surface area contributed by atoms with Crippen LogP contribution in [0.25, 0.3) is 0 Å². The minimum Gasteiger partial charge on any atom is -0.452 e. The molecule has 0 radical (unpaired) electrons. The number of rotatable bonds is 5. The SMILES string of the molecule is C[C@@H]1CN(C(=O)COC(=O)c2cccc(CN3C(=O)c4ccccc4C3=O)c2)C[C@H](C)O1. The van der Waals surface area contributed by atoms with Crippen molar-refractivity contribution in [2.45, 2.75) is 32.6 Å². The molecule has 0 aromatic heterocycles. The van der Waals surface area contributed by atoms with E-state index < -0.39 is 5.97 Å². The number of hydrogen-bond acceptors (Lipinski definition) is 6. The average Bonchev–Trinajstić information content (AvgIpc) is 3.02. The standard InChI is InChI=1S/C24H24N2O6/c1-15-11-25(12-16(2)32-15)21(27)14-31-24(30)18-7-5-6-17(10-18)13-26-22(28)19-8-3-4-9-20(19)23(26)29/h3-10,15-16H,11-14H2,1-2H3/t15-,16+. The quantitative estimate of drug-likeness (QED) is 0.527. The molecule has 2 aliphatic heterocycles. The van der Waals surface area contributed by atoms with Crippen LogP contribution in [0.3, 0.4) is 0 Å². The smallest absolute Gasteiger partial charge is 0.338 e. The molecular formula is C24H24N2O6. The van der Waals surface area contributed by atoms with E-state index in [4.69, 9.17) is 9.47 Å². The van der Waals surface area contributed by atoms with Crippen LogP contribution in [-0.2, 0) is 20.8 Å². The molecule has 1 saturated heterocycles. The summed E-state index contributed by atoms with van der Waals surface area (Å²) in [5, 5.41) is 0. The van der Waals surface area contributed by atoms with E-state index in [1.54, 1.807) is 53.4 Å². The Hall–Kier alpha value is -3.52. The Labute approximate surface area is 185 Å². The van der Waals surface area contributed by atoms with E-state index in [2.05, 4.69) is 0 Å². The van der Waals surface area contributed by atoms with E-state index in [1.165, 1.54) is 0 Å². The van der Waals surface area contributed by atoms with Crippen molar-refractivity contribution in [3.8, 4) is 0 Å². The third-order valence-electron chi connectivity index (χ3n) is 5.48. The number of imide groups is 1. The van der Waals surface area contributed by atoms with Gasteiger partial charge in [-0.2, -0.15) is 0 Å². The van der Waals surface area contributed by atoms with Crippen molar-refractivity contribution >= 4 is 23.7 Å². The molecule has 8 nitrogen and oxygen atoms in total. The van der Waals surface area contributed by atoms with E-state index in [0.29, 0.717) is 29.8 Å². The molecule has 0 N–H and O–H groups in total. The minimum atomic E-state index is -0.642. The number of esters is 1. The van der Waals surface area contributed by atoms with Crippen molar-refractivity contribution in [2.75, 3.05) is 19.7 Å². The topological polar surface area (TPSA) is 93.2 Å². The highest BCUT2D eigenvalue weighted by molar-refractivity contribution is 6.21. The lowest BCUT2D eigenvalue weighted by atomic mass is 10.1. The summed E-state index contributed by atoms with van der Waals surface area (Å²) in [6.45, 7) is 4.37. The van der Waals surface area contributed by atoms with E-state index in [0.717, 1.165) is 4.90 Å².